The molecule has 0 amide bonds. The maximum absolute atomic E-state index is 10.8. The molecule has 0 bridgehead atoms. The van der Waals surface area contributed by atoms with Gasteiger partial charge in [0.1, 0.15) is 5.76 Å². The number of carboxylic acids is 1. The molecule has 4 nitrogen and oxygen atoms in total. The van der Waals surface area contributed by atoms with Gasteiger partial charge in [0.25, 0.3) is 0 Å². The maximum Gasteiger partial charge on any atom is 0.372 e. The number of carbonyl (C=O) groups is 1. The summed E-state index contributed by atoms with van der Waals surface area (Å²) in [4.78, 5) is 10.8. The Morgan fingerprint density at radius 3 is 2.50 bits per heavy atom. The van der Waals surface area contributed by atoms with Crippen LogP contribution in [0.3, 0.4) is 0 Å². The standard InChI is InChI=1S/C10H14O4/c1-5-4-8(6(2)7(3)11)9(14-5)10(12)13/h4,6-7,11H,1-3H3,(H,12,13). The van der Waals surface area contributed by atoms with Gasteiger partial charge in [-0.15, -0.1) is 0 Å². The predicted octanol–water partition coefficient (Wildman–Crippen LogP) is 1.77. The molecule has 2 N–H and O–H groups in total. The molecule has 0 aliphatic carbocycles. The number of aliphatic hydroxyl groups is 1. The highest BCUT2D eigenvalue weighted by molar-refractivity contribution is 5.86. The van der Waals surface area contributed by atoms with Crippen molar-refractivity contribution in [2.75, 3.05) is 0 Å². The first-order valence-corrected chi connectivity index (χ1v) is 4.45. The summed E-state index contributed by atoms with van der Waals surface area (Å²) < 4.78 is 5.04. The third kappa shape index (κ3) is 1.96. The van der Waals surface area contributed by atoms with Crippen molar-refractivity contribution in [2.45, 2.75) is 32.8 Å². The normalized spacial score (nSPS) is 15.1. The van der Waals surface area contributed by atoms with Gasteiger partial charge in [-0.2, -0.15) is 0 Å². The van der Waals surface area contributed by atoms with Crippen molar-refractivity contribution in [1.82, 2.24) is 0 Å². The lowest BCUT2D eigenvalue weighted by molar-refractivity contribution is 0.0656. The van der Waals surface area contributed by atoms with E-state index in [9.17, 15) is 9.90 Å². The van der Waals surface area contributed by atoms with Gasteiger partial charge in [0, 0.05) is 11.5 Å². The highest BCUT2D eigenvalue weighted by Gasteiger charge is 2.23. The quantitative estimate of drug-likeness (QED) is 0.776. The average molecular weight is 198 g/mol. The number of hydrogen-bond donors (Lipinski definition) is 2. The molecule has 4 heteroatoms. The molecule has 0 aliphatic rings. The van der Waals surface area contributed by atoms with Crippen LogP contribution in [0.15, 0.2) is 10.5 Å². The molecule has 1 aromatic heterocycles. The van der Waals surface area contributed by atoms with Crippen LogP contribution in [0.25, 0.3) is 0 Å². The second-order valence-electron chi connectivity index (χ2n) is 3.48. The molecule has 0 radical (unpaired) electrons. The Bertz CT molecular complexity index is 338. The van der Waals surface area contributed by atoms with Crippen LogP contribution in [-0.4, -0.2) is 22.3 Å². The van der Waals surface area contributed by atoms with E-state index in [1.165, 1.54) is 0 Å². The van der Waals surface area contributed by atoms with Gasteiger partial charge in [-0.3, -0.25) is 0 Å². The molecular formula is C10H14O4. The van der Waals surface area contributed by atoms with Gasteiger partial charge < -0.3 is 14.6 Å². The zero-order valence-electron chi connectivity index (χ0n) is 8.44. The predicted molar refractivity (Wildman–Crippen MR) is 50.5 cm³/mol. The molecule has 0 saturated heterocycles. The van der Waals surface area contributed by atoms with Gasteiger partial charge in [-0.05, 0) is 19.9 Å². The second kappa shape index (κ2) is 3.84. The summed E-state index contributed by atoms with van der Waals surface area (Å²) in [6.07, 6.45) is -0.593. The van der Waals surface area contributed by atoms with Gasteiger partial charge in [-0.25, -0.2) is 4.79 Å². The van der Waals surface area contributed by atoms with Crippen LogP contribution < -0.4 is 0 Å². The number of aryl methyl sites for hydroxylation is 1. The Morgan fingerprint density at radius 2 is 2.07 bits per heavy atom. The molecular weight excluding hydrogens is 184 g/mol. The van der Waals surface area contributed by atoms with Crippen LogP contribution in [0.1, 0.15) is 41.6 Å². The minimum absolute atomic E-state index is 0.0732. The summed E-state index contributed by atoms with van der Waals surface area (Å²) in [6.45, 7) is 5.07. The minimum atomic E-state index is -1.10. The summed E-state index contributed by atoms with van der Waals surface area (Å²) in [5.74, 6) is -0.861. The van der Waals surface area contributed by atoms with Crippen molar-refractivity contribution < 1.29 is 19.4 Å². The topological polar surface area (TPSA) is 70.7 Å². The van der Waals surface area contributed by atoms with Gasteiger partial charge in [-0.1, -0.05) is 6.92 Å². The van der Waals surface area contributed by atoms with E-state index in [-0.39, 0.29) is 11.7 Å². The fourth-order valence-electron chi connectivity index (χ4n) is 1.30. The van der Waals surface area contributed by atoms with Crippen molar-refractivity contribution >= 4 is 5.97 Å². The minimum Gasteiger partial charge on any atom is -0.475 e. The number of hydrogen-bond acceptors (Lipinski definition) is 3. The average Bonchev–Trinajstić information content (AvgIpc) is 2.45. The molecule has 2 atom stereocenters. The third-order valence-electron chi connectivity index (χ3n) is 2.29. The van der Waals surface area contributed by atoms with Gasteiger partial charge >= 0.3 is 5.97 Å². The molecule has 1 rings (SSSR count). The molecule has 0 spiro atoms. The molecule has 0 aliphatic heterocycles. The van der Waals surface area contributed by atoms with Gasteiger partial charge in [0.15, 0.2) is 0 Å². The fraction of sp³-hybridized carbons (Fsp3) is 0.500. The number of furan rings is 1. The van der Waals surface area contributed by atoms with Crippen LogP contribution in [0.5, 0.6) is 0 Å². The van der Waals surface area contributed by atoms with E-state index in [0.29, 0.717) is 11.3 Å². The largest absolute Gasteiger partial charge is 0.475 e. The van der Waals surface area contributed by atoms with E-state index in [0.717, 1.165) is 0 Å². The Kier molecular flexibility index (Phi) is 2.96. The molecule has 14 heavy (non-hydrogen) atoms. The fourth-order valence-corrected chi connectivity index (χ4v) is 1.30. The van der Waals surface area contributed by atoms with Gasteiger partial charge in [0.2, 0.25) is 5.76 Å². The Balaban J connectivity index is 3.12. The summed E-state index contributed by atoms with van der Waals surface area (Å²) in [5.41, 5.74) is 0.546. The van der Waals surface area contributed by atoms with Crippen molar-refractivity contribution in [3.05, 3.63) is 23.2 Å². The lowest BCUT2D eigenvalue weighted by Crippen LogP contribution is -2.13. The molecule has 1 heterocycles. The zero-order chi connectivity index (χ0) is 10.9. The molecule has 78 valence electrons. The lowest BCUT2D eigenvalue weighted by Gasteiger charge is -2.12. The van der Waals surface area contributed by atoms with Crippen LogP contribution in [-0.2, 0) is 0 Å². The highest BCUT2D eigenvalue weighted by Crippen LogP contribution is 2.26. The number of rotatable bonds is 3. The van der Waals surface area contributed by atoms with Crippen molar-refractivity contribution in [3.8, 4) is 0 Å². The Hall–Kier alpha value is -1.29. The molecule has 1 aromatic rings. The van der Waals surface area contributed by atoms with E-state index in [2.05, 4.69) is 0 Å². The molecule has 2 unspecified atom stereocenters. The maximum atomic E-state index is 10.8. The van der Waals surface area contributed by atoms with E-state index >= 15 is 0 Å². The smallest absolute Gasteiger partial charge is 0.372 e. The molecule has 0 fully saturated rings. The molecule has 0 aromatic carbocycles. The third-order valence-corrected chi connectivity index (χ3v) is 2.29. The SMILES string of the molecule is Cc1cc(C(C)C(C)O)c(C(=O)O)o1. The number of aliphatic hydroxyl groups excluding tert-OH is 1. The molecule has 0 saturated carbocycles. The van der Waals surface area contributed by atoms with Crippen LogP contribution in [0.2, 0.25) is 0 Å². The van der Waals surface area contributed by atoms with E-state index in [4.69, 9.17) is 9.52 Å². The number of aromatic carboxylic acids is 1. The zero-order valence-corrected chi connectivity index (χ0v) is 8.44. The lowest BCUT2D eigenvalue weighted by atomic mass is 9.96. The van der Waals surface area contributed by atoms with Crippen LogP contribution >= 0.6 is 0 Å². The summed E-state index contributed by atoms with van der Waals surface area (Å²) in [6, 6.07) is 1.65. The van der Waals surface area contributed by atoms with E-state index in [1.54, 1.807) is 26.8 Å². The van der Waals surface area contributed by atoms with E-state index in [1.807, 2.05) is 0 Å². The summed E-state index contributed by atoms with van der Waals surface area (Å²) >= 11 is 0. The first kappa shape index (κ1) is 10.8. The second-order valence-corrected chi connectivity index (χ2v) is 3.48. The van der Waals surface area contributed by atoms with Crippen molar-refractivity contribution in [3.63, 3.8) is 0 Å². The van der Waals surface area contributed by atoms with Crippen LogP contribution in [0, 0.1) is 6.92 Å². The van der Waals surface area contributed by atoms with E-state index < -0.39 is 12.1 Å². The van der Waals surface area contributed by atoms with Crippen molar-refractivity contribution in [2.24, 2.45) is 0 Å². The first-order valence-electron chi connectivity index (χ1n) is 4.45. The Labute approximate surface area is 82.2 Å². The number of carboxylic acid groups (broad SMARTS) is 1. The Morgan fingerprint density at radius 1 is 1.50 bits per heavy atom. The van der Waals surface area contributed by atoms with Crippen LogP contribution in [0.4, 0.5) is 0 Å². The summed E-state index contributed by atoms with van der Waals surface area (Å²) in [5, 5.41) is 18.2. The van der Waals surface area contributed by atoms with Crippen molar-refractivity contribution in [1.29, 1.82) is 0 Å². The summed E-state index contributed by atoms with van der Waals surface area (Å²) in [7, 11) is 0. The van der Waals surface area contributed by atoms with Gasteiger partial charge in [0.05, 0.1) is 6.10 Å². The first-order chi connectivity index (χ1) is 6.43. The highest BCUT2D eigenvalue weighted by atomic mass is 16.4. The monoisotopic (exact) mass is 198 g/mol.